The highest BCUT2D eigenvalue weighted by Crippen LogP contribution is 2.32. The number of aryl methyl sites for hydroxylation is 1. The van der Waals surface area contributed by atoms with Crippen LogP contribution in [0.25, 0.3) is 0 Å². The van der Waals surface area contributed by atoms with Crippen LogP contribution in [0, 0.1) is 0 Å². The third-order valence-corrected chi connectivity index (χ3v) is 6.90. The van der Waals surface area contributed by atoms with Crippen LogP contribution < -0.4 is 9.64 Å². The predicted octanol–water partition coefficient (Wildman–Crippen LogP) is 3.11. The van der Waals surface area contributed by atoms with Gasteiger partial charge in [-0.05, 0) is 31.0 Å². The zero-order chi connectivity index (χ0) is 23.0. The van der Waals surface area contributed by atoms with E-state index in [1.807, 2.05) is 9.80 Å². The van der Waals surface area contributed by atoms with Gasteiger partial charge in [-0.25, -0.2) is 4.68 Å². The van der Waals surface area contributed by atoms with Gasteiger partial charge in [-0.15, -0.1) is 0 Å². The number of likely N-dealkylation sites (tertiary alicyclic amines) is 1. The second-order valence-corrected chi connectivity index (χ2v) is 8.88. The van der Waals surface area contributed by atoms with E-state index in [9.17, 15) is 18.0 Å². The van der Waals surface area contributed by atoms with Crippen molar-refractivity contribution in [3.63, 3.8) is 0 Å². The Labute approximate surface area is 190 Å². The summed E-state index contributed by atoms with van der Waals surface area (Å²) in [6.07, 6.45) is -0.0398. The molecule has 0 atom stereocenters. The molecule has 1 aromatic heterocycles. The highest BCUT2D eigenvalue weighted by atomic mass is 19.4. The van der Waals surface area contributed by atoms with Crippen molar-refractivity contribution in [2.45, 2.75) is 38.0 Å². The first-order valence-corrected chi connectivity index (χ1v) is 11.5. The predicted molar refractivity (Wildman–Crippen MR) is 116 cm³/mol. The monoisotopic (exact) mass is 463 g/mol. The summed E-state index contributed by atoms with van der Waals surface area (Å²) in [5.41, 5.74) is 0.559. The van der Waals surface area contributed by atoms with E-state index < -0.39 is 11.7 Å². The minimum atomic E-state index is -4.33. The second-order valence-electron chi connectivity index (χ2n) is 8.88. The van der Waals surface area contributed by atoms with Gasteiger partial charge in [0.05, 0.1) is 18.4 Å². The first kappa shape index (κ1) is 22.1. The summed E-state index contributed by atoms with van der Waals surface area (Å²) in [4.78, 5) is 19.3. The van der Waals surface area contributed by atoms with E-state index in [1.165, 1.54) is 12.1 Å². The lowest BCUT2D eigenvalue weighted by Crippen LogP contribution is -2.53. The van der Waals surface area contributed by atoms with E-state index in [0.29, 0.717) is 56.0 Å². The zero-order valence-electron chi connectivity index (χ0n) is 18.4. The Hall–Kier alpha value is -2.75. The quantitative estimate of drug-likeness (QED) is 0.700. The van der Waals surface area contributed by atoms with Crippen molar-refractivity contribution < 1.29 is 22.7 Å². The van der Waals surface area contributed by atoms with Crippen molar-refractivity contribution >= 4 is 11.6 Å². The molecule has 0 aliphatic carbocycles. The number of hydrogen-bond acceptors (Lipinski definition) is 5. The standard InChI is InChI=1S/C23H28F3N5O2/c24-23(25,26)17-3-1-4-19(15-17)29-12-10-28(11-13-29)18-5-8-30(9-6-18)21(32)20-16-27-31-7-2-14-33-22(20)31/h1,3-4,15-16,18H,2,5-14H2. The summed E-state index contributed by atoms with van der Waals surface area (Å²) < 4.78 is 46.5. The van der Waals surface area contributed by atoms with Crippen LogP contribution in [0.1, 0.15) is 35.2 Å². The molecule has 0 unspecified atom stereocenters. The fourth-order valence-corrected chi connectivity index (χ4v) is 5.04. The third kappa shape index (κ3) is 4.53. The van der Waals surface area contributed by atoms with Gasteiger partial charge in [0.15, 0.2) is 0 Å². The number of ether oxygens (including phenoxy) is 1. The summed E-state index contributed by atoms with van der Waals surface area (Å²) in [6.45, 7) is 5.75. The van der Waals surface area contributed by atoms with Crippen molar-refractivity contribution in [2.75, 3.05) is 50.8 Å². The number of alkyl halides is 3. The summed E-state index contributed by atoms with van der Waals surface area (Å²) >= 11 is 0. The largest absolute Gasteiger partial charge is 0.477 e. The van der Waals surface area contributed by atoms with Gasteiger partial charge in [-0.1, -0.05) is 6.07 Å². The van der Waals surface area contributed by atoms with E-state index in [1.54, 1.807) is 16.9 Å². The van der Waals surface area contributed by atoms with Crippen molar-refractivity contribution in [1.29, 1.82) is 0 Å². The first-order chi connectivity index (χ1) is 15.9. The second kappa shape index (κ2) is 8.89. The average Bonchev–Trinajstić information content (AvgIpc) is 3.28. The van der Waals surface area contributed by atoms with Gasteiger partial charge in [0.1, 0.15) is 5.56 Å². The zero-order valence-corrected chi connectivity index (χ0v) is 18.4. The molecule has 2 saturated heterocycles. The molecule has 5 rings (SSSR count). The smallest absolute Gasteiger partial charge is 0.416 e. The molecule has 0 N–H and O–H groups in total. The van der Waals surface area contributed by atoms with Crippen LogP contribution in [0.5, 0.6) is 5.88 Å². The lowest BCUT2D eigenvalue weighted by Gasteiger charge is -2.43. The van der Waals surface area contributed by atoms with Crippen LogP contribution in [-0.4, -0.2) is 77.4 Å². The molecule has 3 aliphatic heterocycles. The molecule has 10 heteroatoms. The summed E-state index contributed by atoms with van der Waals surface area (Å²) in [5, 5.41) is 4.28. The van der Waals surface area contributed by atoms with Crippen LogP contribution in [-0.2, 0) is 12.7 Å². The maximum Gasteiger partial charge on any atom is 0.416 e. The molecule has 4 heterocycles. The van der Waals surface area contributed by atoms with Crippen LogP contribution in [0.15, 0.2) is 30.5 Å². The van der Waals surface area contributed by atoms with E-state index >= 15 is 0 Å². The summed E-state index contributed by atoms with van der Waals surface area (Å²) in [7, 11) is 0. The van der Waals surface area contributed by atoms with E-state index in [2.05, 4.69) is 10.00 Å². The number of piperidine rings is 1. The first-order valence-electron chi connectivity index (χ1n) is 11.5. The van der Waals surface area contributed by atoms with Gasteiger partial charge < -0.3 is 14.5 Å². The van der Waals surface area contributed by atoms with Crippen LogP contribution >= 0.6 is 0 Å². The number of piperazine rings is 1. The molecule has 1 amide bonds. The Bertz CT molecular complexity index is 992. The SMILES string of the molecule is O=C(c1cnn2c1OCCC2)N1CCC(N2CCN(c3cccc(C(F)(F)F)c3)CC2)CC1. The number of rotatable bonds is 3. The van der Waals surface area contributed by atoms with Crippen molar-refractivity contribution in [2.24, 2.45) is 0 Å². The fraction of sp³-hybridized carbons (Fsp3) is 0.565. The third-order valence-electron chi connectivity index (χ3n) is 6.90. The summed E-state index contributed by atoms with van der Waals surface area (Å²) in [6, 6.07) is 5.95. The molecular weight excluding hydrogens is 435 g/mol. The van der Waals surface area contributed by atoms with Crippen molar-refractivity contribution in [3.05, 3.63) is 41.6 Å². The van der Waals surface area contributed by atoms with Crippen LogP contribution in [0.3, 0.4) is 0 Å². The number of anilines is 1. The van der Waals surface area contributed by atoms with Gasteiger partial charge in [0.2, 0.25) is 5.88 Å². The van der Waals surface area contributed by atoms with Crippen LogP contribution in [0.4, 0.5) is 18.9 Å². The lowest BCUT2D eigenvalue weighted by atomic mass is 10.0. The number of amides is 1. The molecule has 3 aliphatic rings. The number of halogens is 3. The molecule has 2 fully saturated rings. The molecule has 33 heavy (non-hydrogen) atoms. The maximum absolute atomic E-state index is 13.0. The molecule has 7 nitrogen and oxygen atoms in total. The average molecular weight is 464 g/mol. The Morgan fingerprint density at radius 2 is 1.79 bits per heavy atom. The normalized spacial score (nSPS) is 20.5. The molecule has 178 valence electrons. The number of fused-ring (bicyclic) bond motifs is 1. The Kier molecular flexibility index (Phi) is 5.94. The maximum atomic E-state index is 13.0. The van der Waals surface area contributed by atoms with Gasteiger partial charge in [0.25, 0.3) is 5.91 Å². The molecule has 0 bridgehead atoms. The number of hydrogen-bond donors (Lipinski definition) is 0. The van der Waals surface area contributed by atoms with E-state index in [-0.39, 0.29) is 5.91 Å². The highest BCUT2D eigenvalue weighted by Gasteiger charge is 2.33. The minimum Gasteiger partial charge on any atom is -0.477 e. The number of benzene rings is 1. The van der Waals surface area contributed by atoms with Gasteiger partial charge in [-0.3, -0.25) is 9.69 Å². The molecule has 2 aromatic rings. The van der Waals surface area contributed by atoms with Crippen molar-refractivity contribution in [3.8, 4) is 5.88 Å². The number of carbonyl (C=O) groups excluding carboxylic acids is 1. The minimum absolute atomic E-state index is 0.0223. The molecule has 0 radical (unpaired) electrons. The number of carbonyl (C=O) groups is 1. The molecule has 0 saturated carbocycles. The summed E-state index contributed by atoms with van der Waals surface area (Å²) in [5.74, 6) is 0.560. The van der Waals surface area contributed by atoms with E-state index in [0.717, 1.165) is 45.0 Å². The van der Waals surface area contributed by atoms with E-state index in [4.69, 9.17) is 4.74 Å². The molecule has 0 spiro atoms. The number of nitrogens with zero attached hydrogens (tertiary/aromatic N) is 5. The Morgan fingerprint density at radius 1 is 1.03 bits per heavy atom. The Morgan fingerprint density at radius 3 is 2.52 bits per heavy atom. The van der Waals surface area contributed by atoms with Gasteiger partial charge in [-0.2, -0.15) is 18.3 Å². The van der Waals surface area contributed by atoms with Gasteiger partial charge in [0, 0.05) is 64.0 Å². The molecule has 1 aromatic carbocycles. The lowest BCUT2D eigenvalue weighted by molar-refractivity contribution is -0.137. The molecular formula is C23H28F3N5O2. The highest BCUT2D eigenvalue weighted by molar-refractivity contribution is 5.96. The van der Waals surface area contributed by atoms with Crippen molar-refractivity contribution in [1.82, 2.24) is 19.6 Å². The van der Waals surface area contributed by atoms with Gasteiger partial charge >= 0.3 is 6.18 Å². The fourth-order valence-electron chi connectivity index (χ4n) is 5.04. The topological polar surface area (TPSA) is 53.8 Å². The Balaban J connectivity index is 1.14. The number of aromatic nitrogens is 2. The van der Waals surface area contributed by atoms with Crippen LogP contribution in [0.2, 0.25) is 0 Å².